The van der Waals surface area contributed by atoms with E-state index in [4.69, 9.17) is 12.2 Å². The quantitative estimate of drug-likeness (QED) is 0.445. The summed E-state index contributed by atoms with van der Waals surface area (Å²) in [5.41, 5.74) is 0.891. The van der Waals surface area contributed by atoms with Crippen LogP contribution in [-0.2, 0) is 9.59 Å². The van der Waals surface area contributed by atoms with Gasteiger partial charge in [-0.15, -0.1) is 0 Å². The summed E-state index contributed by atoms with van der Waals surface area (Å²) < 4.78 is 0.508. The fourth-order valence-electron chi connectivity index (χ4n) is 1.84. The number of hydrogen-bond donors (Lipinski definition) is 0. The van der Waals surface area contributed by atoms with Gasteiger partial charge in [-0.3, -0.25) is 14.7 Å². The topological polar surface area (TPSA) is 73.3 Å². The van der Waals surface area contributed by atoms with Gasteiger partial charge in [-0.25, -0.2) is 0 Å². The highest BCUT2D eigenvalue weighted by atomic mass is 32.2. The van der Waals surface area contributed by atoms with E-state index in [9.17, 15) is 14.7 Å². The van der Waals surface area contributed by atoms with Gasteiger partial charge in [-0.05, 0) is 43.0 Å². The van der Waals surface area contributed by atoms with Gasteiger partial charge >= 0.3 is 0 Å². The normalized spacial score (nSPS) is 16.8. The smallest absolute Gasteiger partial charge is 0.266 e. The number of pyridine rings is 1. The number of carboxylic acids is 1. The first kappa shape index (κ1) is 15.7. The molecule has 1 aliphatic heterocycles. The van der Waals surface area contributed by atoms with Gasteiger partial charge in [0.05, 0.1) is 4.91 Å². The number of carbonyl (C=O) groups is 2. The van der Waals surface area contributed by atoms with Crippen LogP contribution in [0.25, 0.3) is 6.08 Å². The van der Waals surface area contributed by atoms with Crippen LogP contribution >= 0.6 is 24.0 Å². The molecule has 2 heterocycles. The van der Waals surface area contributed by atoms with Crippen LogP contribution in [0.1, 0.15) is 24.8 Å². The maximum absolute atomic E-state index is 12.3. The van der Waals surface area contributed by atoms with Crippen molar-refractivity contribution in [3.05, 3.63) is 35.0 Å². The SMILES string of the molecule is O=C([O-])CCCCN1C(=O)/C(=C\c2ccncc2)SC1=S. The Morgan fingerprint density at radius 2 is 2.10 bits per heavy atom. The maximum atomic E-state index is 12.3. The maximum Gasteiger partial charge on any atom is 0.266 e. The molecule has 0 spiro atoms. The van der Waals surface area contributed by atoms with Crippen molar-refractivity contribution in [2.45, 2.75) is 19.3 Å². The zero-order chi connectivity index (χ0) is 15.2. The monoisotopic (exact) mass is 321 g/mol. The third-order valence-electron chi connectivity index (χ3n) is 2.89. The first-order valence-corrected chi connectivity index (χ1v) is 7.65. The molecule has 0 saturated carbocycles. The molecular weight excluding hydrogens is 308 g/mol. The molecule has 21 heavy (non-hydrogen) atoms. The average Bonchev–Trinajstić information content (AvgIpc) is 2.71. The van der Waals surface area contributed by atoms with Gasteiger partial charge in [0, 0.05) is 24.9 Å². The van der Waals surface area contributed by atoms with Crippen molar-refractivity contribution in [2.75, 3.05) is 6.54 Å². The lowest BCUT2D eigenvalue weighted by atomic mass is 10.2. The molecular formula is C14H13N2O3S2-. The number of carboxylic acid groups (broad SMARTS) is 1. The predicted octanol–water partition coefficient (Wildman–Crippen LogP) is 1.20. The molecule has 0 aliphatic carbocycles. The Morgan fingerprint density at radius 3 is 2.76 bits per heavy atom. The second-order valence-electron chi connectivity index (χ2n) is 4.44. The van der Waals surface area contributed by atoms with Crippen LogP contribution in [0, 0.1) is 0 Å². The van der Waals surface area contributed by atoms with Crippen LogP contribution in [0.3, 0.4) is 0 Å². The molecule has 0 aromatic carbocycles. The van der Waals surface area contributed by atoms with Crippen LogP contribution in [0.2, 0.25) is 0 Å². The molecule has 2 rings (SSSR count). The second-order valence-corrected chi connectivity index (χ2v) is 6.12. The fourth-order valence-corrected chi connectivity index (χ4v) is 3.15. The standard InChI is InChI=1S/C14H14N2O3S2/c17-12(18)3-1-2-8-16-13(19)11(21-14(16)20)9-10-4-6-15-7-5-10/h4-7,9H,1-3,8H2,(H,17,18)/p-1/b11-9+. The second kappa shape index (κ2) is 7.33. The van der Waals surface area contributed by atoms with Crippen molar-refractivity contribution >= 4 is 46.3 Å². The molecule has 0 atom stereocenters. The molecule has 0 radical (unpaired) electrons. The van der Waals surface area contributed by atoms with E-state index in [0.29, 0.717) is 28.6 Å². The van der Waals surface area contributed by atoms with E-state index in [1.54, 1.807) is 18.5 Å². The molecule has 1 aromatic rings. The molecule has 0 unspecified atom stereocenters. The highest BCUT2D eigenvalue weighted by molar-refractivity contribution is 8.26. The minimum atomic E-state index is -1.07. The lowest BCUT2D eigenvalue weighted by Gasteiger charge is -2.14. The number of aliphatic carboxylic acids is 1. The van der Waals surface area contributed by atoms with Crippen LogP contribution in [0.5, 0.6) is 0 Å². The Kier molecular flexibility index (Phi) is 5.46. The summed E-state index contributed by atoms with van der Waals surface area (Å²) in [7, 11) is 0. The van der Waals surface area contributed by atoms with Crippen molar-refractivity contribution in [1.29, 1.82) is 0 Å². The first-order valence-electron chi connectivity index (χ1n) is 6.43. The minimum Gasteiger partial charge on any atom is -0.550 e. The van der Waals surface area contributed by atoms with Crippen molar-refractivity contribution in [1.82, 2.24) is 9.88 Å². The van der Waals surface area contributed by atoms with E-state index in [0.717, 1.165) is 5.56 Å². The molecule has 0 bridgehead atoms. The summed E-state index contributed by atoms with van der Waals surface area (Å²) in [6.45, 7) is 0.436. The van der Waals surface area contributed by atoms with Crippen molar-refractivity contribution in [3.63, 3.8) is 0 Å². The van der Waals surface area contributed by atoms with Crippen LogP contribution in [-0.4, -0.2) is 32.6 Å². The van der Waals surface area contributed by atoms with Crippen LogP contribution < -0.4 is 5.11 Å². The Bertz CT molecular complexity index is 587. The number of rotatable bonds is 6. The third kappa shape index (κ3) is 4.37. The number of thioether (sulfide) groups is 1. The van der Waals surface area contributed by atoms with E-state index in [1.807, 2.05) is 12.1 Å². The van der Waals surface area contributed by atoms with Gasteiger partial charge < -0.3 is 9.90 Å². The highest BCUT2D eigenvalue weighted by Gasteiger charge is 2.31. The number of thiocarbonyl (C=S) groups is 1. The molecule has 1 aromatic heterocycles. The van der Waals surface area contributed by atoms with Crippen molar-refractivity contribution in [2.24, 2.45) is 0 Å². The van der Waals surface area contributed by atoms with Gasteiger partial charge in [0.15, 0.2) is 0 Å². The highest BCUT2D eigenvalue weighted by Crippen LogP contribution is 2.32. The first-order chi connectivity index (χ1) is 10.1. The number of amides is 1. The number of aromatic nitrogens is 1. The Morgan fingerprint density at radius 1 is 1.38 bits per heavy atom. The number of carbonyl (C=O) groups excluding carboxylic acids is 2. The Balaban J connectivity index is 1.97. The van der Waals surface area contributed by atoms with E-state index in [2.05, 4.69) is 4.98 Å². The summed E-state index contributed by atoms with van der Waals surface area (Å²) in [6, 6.07) is 3.62. The number of unbranched alkanes of at least 4 members (excludes halogenated alkanes) is 1. The van der Waals surface area contributed by atoms with E-state index in [-0.39, 0.29) is 12.3 Å². The summed E-state index contributed by atoms with van der Waals surface area (Å²) in [6.07, 6.45) is 6.16. The summed E-state index contributed by atoms with van der Waals surface area (Å²) >= 11 is 6.46. The van der Waals surface area contributed by atoms with Gasteiger partial charge in [0.2, 0.25) is 0 Å². The van der Waals surface area contributed by atoms with E-state index in [1.165, 1.54) is 16.7 Å². The van der Waals surface area contributed by atoms with Gasteiger partial charge in [0.1, 0.15) is 4.32 Å². The van der Waals surface area contributed by atoms with Gasteiger partial charge in [0.25, 0.3) is 5.91 Å². The van der Waals surface area contributed by atoms with Crippen molar-refractivity contribution in [3.8, 4) is 0 Å². The lowest BCUT2D eigenvalue weighted by molar-refractivity contribution is -0.305. The molecule has 1 fully saturated rings. The zero-order valence-electron chi connectivity index (χ0n) is 11.2. The molecule has 1 amide bonds. The zero-order valence-corrected chi connectivity index (χ0v) is 12.8. The predicted molar refractivity (Wildman–Crippen MR) is 83.0 cm³/mol. The van der Waals surface area contributed by atoms with Crippen molar-refractivity contribution < 1.29 is 14.7 Å². The molecule has 5 nitrogen and oxygen atoms in total. The average molecular weight is 321 g/mol. The Hall–Kier alpha value is -1.73. The summed E-state index contributed by atoms with van der Waals surface area (Å²) in [4.78, 5) is 28.6. The summed E-state index contributed by atoms with van der Waals surface area (Å²) in [5.74, 6) is -1.20. The lowest BCUT2D eigenvalue weighted by Crippen LogP contribution is -2.29. The molecule has 7 heteroatoms. The largest absolute Gasteiger partial charge is 0.550 e. The van der Waals surface area contributed by atoms with Crippen LogP contribution in [0.4, 0.5) is 0 Å². The minimum absolute atomic E-state index is 0.00163. The molecule has 1 aliphatic rings. The molecule has 0 N–H and O–H groups in total. The van der Waals surface area contributed by atoms with Gasteiger partial charge in [-0.2, -0.15) is 0 Å². The third-order valence-corrected chi connectivity index (χ3v) is 4.27. The van der Waals surface area contributed by atoms with E-state index >= 15 is 0 Å². The Labute approximate surface area is 132 Å². The van der Waals surface area contributed by atoms with Crippen LogP contribution in [0.15, 0.2) is 29.4 Å². The number of hydrogen-bond acceptors (Lipinski definition) is 6. The van der Waals surface area contributed by atoms with Gasteiger partial charge in [-0.1, -0.05) is 24.0 Å². The molecule has 1 saturated heterocycles. The molecule has 110 valence electrons. The fraction of sp³-hybridized carbons (Fsp3) is 0.286. The summed E-state index contributed by atoms with van der Waals surface area (Å²) in [5, 5.41) is 10.3. The van der Waals surface area contributed by atoms with E-state index < -0.39 is 5.97 Å². The number of nitrogens with zero attached hydrogens (tertiary/aromatic N) is 2.